The van der Waals surface area contributed by atoms with Crippen LogP contribution in [-0.2, 0) is 19.4 Å². The molecule has 0 spiro atoms. The number of fused-ring (bicyclic) bond motifs is 1. The van der Waals surface area contributed by atoms with E-state index in [1.165, 1.54) is 0 Å². The number of aromatic nitrogens is 2. The summed E-state index contributed by atoms with van der Waals surface area (Å²) < 4.78 is 2.75. The molecule has 1 amide bonds. The lowest BCUT2D eigenvalue weighted by atomic mass is 9.98. The molecule has 2 heterocycles. The summed E-state index contributed by atoms with van der Waals surface area (Å²) in [6.45, 7) is 2.73. The number of amides is 1. The lowest BCUT2D eigenvalue weighted by molar-refractivity contribution is 0.0934. The van der Waals surface area contributed by atoms with Gasteiger partial charge in [0.2, 0.25) is 0 Å². The standard InChI is InChI=1S/C25H26BrN3O2/c1-2-21(27-24(30)18-11-13-19(26)14-12-18)23-20(16-17-8-4-3-5-9-17)25(31)29-15-7-6-10-22(29)28-23/h3-5,8-9,11-14,21H,2,6-7,10,15-16H2,1H3,(H,27,30). The molecule has 31 heavy (non-hydrogen) atoms. The van der Waals surface area contributed by atoms with Gasteiger partial charge >= 0.3 is 0 Å². The smallest absolute Gasteiger partial charge is 0.257 e. The molecule has 1 aromatic heterocycles. The number of nitrogens with one attached hydrogen (secondary N) is 1. The molecule has 1 aliphatic heterocycles. The largest absolute Gasteiger partial charge is 0.344 e. The normalized spacial score (nSPS) is 14.0. The molecule has 1 N–H and O–H groups in total. The second-order valence-corrected chi connectivity index (χ2v) is 8.82. The lowest BCUT2D eigenvalue weighted by Gasteiger charge is -2.24. The molecule has 0 saturated heterocycles. The van der Waals surface area contributed by atoms with Crippen LogP contribution in [0.5, 0.6) is 0 Å². The minimum Gasteiger partial charge on any atom is -0.344 e. The van der Waals surface area contributed by atoms with Gasteiger partial charge in [-0.1, -0.05) is 53.2 Å². The Morgan fingerprint density at radius 1 is 1.13 bits per heavy atom. The first-order valence-corrected chi connectivity index (χ1v) is 11.6. The molecule has 5 nitrogen and oxygen atoms in total. The van der Waals surface area contributed by atoms with Crippen molar-refractivity contribution in [3.63, 3.8) is 0 Å². The SMILES string of the molecule is CCC(NC(=O)c1ccc(Br)cc1)c1nc2n(c(=O)c1Cc1ccccc1)CCCC2. The number of carbonyl (C=O) groups is 1. The van der Waals surface area contributed by atoms with Crippen LogP contribution in [0.1, 0.15) is 65.2 Å². The monoisotopic (exact) mass is 479 g/mol. The average molecular weight is 480 g/mol. The zero-order valence-corrected chi connectivity index (χ0v) is 19.2. The van der Waals surface area contributed by atoms with Crippen LogP contribution in [0.2, 0.25) is 0 Å². The fourth-order valence-electron chi connectivity index (χ4n) is 4.09. The molecule has 0 saturated carbocycles. The van der Waals surface area contributed by atoms with Gasteiger partial charge in [-0.05, 0) is 49.1 Å². The number of hydrogen-bond donors (Lipinski definition) is 1. The number of nitrogens with zero attached hydrogens (tertiary/aromatic N) is 2. The maximum absolute atomic E-state index is 13.5. The van der Waals surface area contributed by atoms with Crippen LogP contribution in [0, 0.1) is 0 Å². The summed E-state index contributed by atoms with van der Waals surface area (Å²) in [5.41, 5.74) is 3.06. The van der Waals surface area contributed by atoms with E-state index in [1.807, 2.05) is 54.0 Å². The molecule has 1 aliphatic rings. The molecular weight excluding hydrogens is 454 g/mol. The summed E-state index contributed by atoms with van der Waals surface area (Å²) >= 11 is 3.40. The maximum atomic E-state index is 13.5. The van der Waals surface area contributed by atoms with E-state index in [9.17, 15) is 9.59 Å². The highest BCUT2D eigenvalue weighted by Gasteiger charge is 2.25. The number of aryl methyl sites for hydroxylation is 1. The second kappa shape index (κ2) is 9.60. The highest BCUT2D eigenvalue weighted by atomic mass is 79.9. The number of carbonyl (C=O) groups excluding carboxylic acids is 1. The first kappa shape index (κ1) is 21.5. The van der Waals surface area contributed by atoms with E-state index in [2.05, 4.69) is 21.2 Å². The summed E-state index contributed by atoms with van der Waals surface area (Å²) in [6, 6.07) is 16.9. The van der Waals surface area contributed by atoms with Gasteiger partial charge in [0.15, 0.2) is 0 Å². The summed E-state index contributed by atoms with van der Waals surface area (Å²) in [4.78, 5) is 31.3. The Kier molecular flexibility index (Phi) is 6.66. The molecule has 1 unspecified atom stereocenters. The third kappa shape index (κ3) is 4.79. The Labute approximate surface area is 190 Å². The average Bonchev–Trinajstić information content (AvgIpc) is 2.80. The minimum atomic E-state index is -0.324. The summed E-state index contributed by atoms with van der Waals surface area (Å²) in [6.07, 6.45) is 3.99. The van der Waals surface area contributed by atoms with Crippen molar-refractivity contribution in [1.29, 1.82) is 0 Å². The van der Waals surface area contributed by atoms with Gasteiger partial charge in [-0.15, -0.1) is 0 Å². The van der Waals surface area contributed by atoms with Crippen molar-refractivity contribution < 1.29 is 4.79 Å². The van der Waals surface area contributed by atoms with E-state index in [1.54, 1.807) is 12.1 Å². The van der Waals surface area contributed by atoms with Gasteiger partial charge in [-0.3, -0.25) is 14.2 Å². The molecule has 1 atom stereocenters. The zero-order valence-electron chi connectivity index (χ0n) is 17.6. The Hall–Kier alpha value is -2.73. The molecule has 160 valence electrons. The van der Waals surface area contributed by atoms with Crippen LogP contribution < -0.4 is 10.9 Å². The van der Waals surface area contributed by atoms with Gasteiger partial charge in [-0.2, -0.15) is 0 Å². The predicted molar refractivity (Wildman–Crippen MR) is 125 cm³/mol. The van der Waals surface area contributed by atoms with Crippen molar-refractivity contribution >= 4 is 21.8 Å². The fraction of sp³-hybridized carbons (Fsp3) is 0.320. The van der Waals surface area contributed by atoms with E-state index in [4.69, 9.17) is 4.98 Å². The predicted octanol–water partition coefficient (Wildman–Crippen LogP) is 4.81. The van der Waals surface area contributed by atoms with Crippen LogP contribution in [0.15, 0.2) is 63.9 Å². The molecule has 0 fully saturated rings. The Morgan fingerprint density at radius 3 is 2.58 bits per heavy atom. The van der Waals surface area contributed by atoms with Gasteiger partial charge in [0.05, 0.1) is 11.7 Å². The molecule has 2 aromatic carbocycles. The van der Waals surface area contributed by atoms with Crippen molar-refractivity contribution in [1.82, 2.24) is 14.9 Å². The van der Waals surface area contributed by atoms with Gasteiger partial charge in [0.25, 0.3) is 11.5 Å². The topological polar surface area (TPSA) is 64.0 Å². The second-order valence-electron chi connectivity index (χ2n) is 7.91. The van der Waals surface area contributed by atoms with E-state index in [-0.39, 0.29) is 17.5 Å². The molecule has 3 aromatic rings. The lowest BCUT2D eigenvalue weighted by Crippen LogP contribution is -2.36. The highest BCUT2D eigenvalue weighted by molar-refractivity contribution is 9.10. The molecule has 6 heteroatoms. The molecule has 0 radical (unpaired) electrons. The number of halogens is 1. The third-order valence-electron chi connectivity index (χ3n) is 5.78. The minimum absolute atomic E-state index is 0.0277. The van der Waals surface area contributed by atoms with Crippen molar-refractivity contribution in [2.45, 2.75) is 51.6 Å². The Balaban J connectivity index is 1.73. The van der Waals surface area contributed by atoms with Crippen LogP contribution in [0.4, 0.5) is 0 Å². The van der Waals surface area contributed by atoms with E-state index in [0.29, 0.717) is 36.2 Å². The third-order valence-corrected chi connectivity index (χ3v) is 6.31. The Morgan fingerprint density at radius 2 is 1.87 bits per heavy atom. The van der Waals surface area contributed by atoms with Crippen molar-refractivity contribution in [2.75, 3.05) is 0 Å². The van der Waals surface area contributed by atoms with Crippen LogP contribution in [-0.4, -0.2) is 15.5 Å². The van der Waals surface area contributed by atoms with E-state index >= 15 is 0 Å². The van der Waals surface area contributed by atoms with Crippen LogP contribution in [0.3, 0.4) is 0 Å². The van der Waals surface area contributed by atoms with Crippen molar-refractivity contribution in [2.24, 2.45) is 0 Å². The first-order valence-electron chi connectivity index (χ1n) is 10.8. The maximum Gasteiger partial charge on any atom is 0.257 e. The molecule has 0 bridgehead atoms. The number of benzene rings is 2. The first-order chi connectivity index (χ1) is 15.1. The van der Waals surface area contributed by atoms with Gasteiger partial charge in [0, 0.05) is 35.0 Å². The van der Waals surface area contributed by atoms with E-state index < -0.39 is 0 Å². The molecule has 4 rings (SSSR count). The van der Waals surface area contributed by atoms with Gasteiger partial charge < -0.3 is 5.32 Å². The summed E-state index contributed by atoms with van der Waals surface area (Å²) in [5, 5.41) is 3.11. The van der Waals surface area contributed by atoms with Crippen LogP contribution >= 0.6 is 15.9 Å². The zero-order chi connectivity index (χ0) is 21.8. The summed E-state index contributed by atoms with van der Waals surface area (Å²) in [7, 11) is 0. The van der Waals surface area contributed by atoms with Crippen molar-refractivity contribution in [3.05, 3.63) is 97.6 Å². The van der Waals surface area contributed by atoms with Crippen LogP contribution in [0.25, 0.3) is 0 Å². The number of hydrogen-bond acceptors (Lipinski definition) is 3. The van der Waals surface area contributed by atoms with Gasteiger partial charge in [0.1, 0.15) is 5.82 Å². The van der Waals surface area contributed by atoms with E-state index in [0.717, 1.165) is 35.1 Å². The fourth-order valence-corrected chi connectivity index (χ4v) is 4.36. The van der Waals surface area contributed by atoms with Crippen molar-refractivity contribution in [3.8, 4) is 0 Å². The van der Waals surface area contributed by atoms with Gasteiger partial charge in [-0.25, -0.2) is 4.98 Å². The summed E-state index contributed by atoms with van der Waals surface area (Å²) in [5.74, 6) is 0.670. The highest BCUT2D eigenvalue weighted by Crippen LogP contribution is 2.23. The quantitative estimate of drug-likeness (QED) is 0.551. The number of rotatable bonds is 6. The Bertz CT molecular complexity index is 1120. The molecular formula is C25H26BrN3O2. The molecule has 0 aliphatic carbocycles.